The highest BCUT2D eigenvalue weighted by Gasteiger charge is 2.12. The first-order chi connectivity index (χ1) is 8.04. The SMILES string of the molecule is COC(=O)CCC(O)c1ccc(C(F)F)cc1. The third kappa shape index (κ3) is 4.11. The quantitative estimate of drug-likeness (QED) is 0.810. The zero-order valence-electron chi connectivity index (χ0n) is 9.40. The van der Waals surface area contributed by atoms with Gasteiger partial charge in [-0.3, -0.25) is 4.79 Å². The Morgan fingerprint density at radius 2 is 1.82 bits per heavy atom. The second-order valence-electron chi connectivity index (χ2n) is 3.60. The molecule has 0 aliphatic carbocycles. The van der Waals surface area contributed by atoms with Crippen LogP contribution in [0.25, 0.3) is 0 Å². The Bertz CT molecular complexity index is 363. The van der Waals surface area contributed by atoms with E-state index >= 15 is 0 Å². The summed E-state index contributed by atoms with van der Waals surface area (Å²) in [6, 6.07) is 5.40. The van der Waals surface area contributed by atoms with Crippen molar-refractivity contribution in [3.63, 3.8) is 0 Å². The van der Waals surface area contributed by atoms with E-state index in [1.165, 1.54) is 31.4 Å². The first-order valence-electron chi connectivity index (χ1n) is 5.17. The van der Waals surface area contributed by atoms with Crippen LogP contribution >= 0.6 is 0 Å². The average molecular weight is 244 g/mol. The maximum Gasteiger partial charge on any atom is 0.305 e. The van der Waals surface area contributed by atoms with Crippen LogP contribution in [0.1, 0.15) is 36.5 Å². The van der Waals surface area contributed by atoms with Crippen LogP contribution in [0.2, 0.25) is 0 Å². The van der Waals surface area contributed by atoms with E-state index in [0.717, 1.165) is 0 Å². The largest absolute Gasteiger partial charge is 0.469 e. The van der Waals surface area contributed by atoms with Gasteiger partial charge in [0.2, 0.25) is 0 Å². The van der Waals surface area contributed by atoms with Gasteiger partial charge >= 0.3 is 5.97 Å². The highest BCUT2D eigenvalue weighted by Crippen LogP contribution is 2.23. The van der Waals surface area contributed by atoms with Crippen molar-refractivity contribution in [2.75, 3.05) is 7.11 Å². The number of ether oxygens (including phenoxy) is 1. The van der Waals surface area contributed by atoms with Crippen LogP contribution < -0.4 is 0 Å². The van der Waals surface area contributed by atoms with Gasteiger partial charge in [0, 0.05) is 12.0 Å². The fraction of sp³-hybridized carbons (Fsp3) is 0.417. The molecule has 0 fully saturated rings. The number of aliphatic hydroxyl groups excluding tert-OH is 1. The second kappa shape index (κ2) is 6.30. The van der Waals surface area contributed by atoms with Crippen molar-refractivity contribution in [3.8, 4) is 0 Å². The topological polar surface area (TPSA) is 46.5 Å². The Labute approximate surface area is 98.0 Å². The van der Waals surface area contributed by atoms with Crippen molar-refractivity contribution in [1.82, 2.24) is 0 Å². The van der Waals surface area contributed by atoms with Crippen LogP contribution in [0.15, 0.2) is 24.3 Å². The van der Waals surface area contributed by atoms with E-state index in [4.69, 9.17) is 0 Å². The van der Waals surface area contributed by atoms with Crippen LogP contribution in [0, 0.1) is 0 Å². The first-order valence-corrected chi connectivity index (χ1v) is 5.17. The smallest absolute Gasteiger partial charge is 0.305 e. The number of methoxy groups -OCH3 is 1. The standard InChI is InChI=1S/C12H14F2O3/c1-17-11(16)7-6-10(15)8-2-4-9(5-3-8)12(13)14/h2-5,10,12,15H,6-7H2,1H3. The van der Waals surface area contributed by atoms with E-state index in [-0.39, 0.29) is 18.4 Å². The Morgan fingerprint density at radius 1 is 1.29 bits per heavy atom. The maximum atomic E-state index is 12.3. The molecule has 0 spiro atoms. The molecule has 0 bridgehead atoms. The molecule has 1 aromatic carbocycles. The number of carbonyl (C=O) groups is 1. The summed E-state index contributed by atoms with van der Waals surface area (Å²) in [5.41, 5.74) is 0.423. The van der Waals surface area contributed by atoms with Crippen LogP contribution in [-0.4, -0.2) is 18.2 Å². The molecule has 0 saturated carbocycles. The average Bonchev–Trinajstić information content (AvgIpc) is 2.35. The van der Waals surface area contributed by atoms with Gasteiger partial charge in [0.05, 0.1) is 13.2 Å². The number of aliphatic hydroxyl groups is 1. The predicted molar refractivity (Wildman–Crippen MR) is 57.6 cm³/mol. The van der Waals surface area contributed by atoms with Crippen LogP contribution in [-0.2, 0) is 9.53 Å². The Kier molecular flexibility index (Phi) is 5.03. The first kappa shape index (κ1) is 13.6. The normalized spacial score (nSPS) is 12.5. The van der Waals surface area contributed by atoms with Gasteiger partial charge in [0.1, 0.15) is 0 Å². The molecule has 94 valence electrons. The Hall–Kier alpha value is -1.49. The molecule has 17 heavy (non-hydrogen) atoms. The van der Waals surface area contributed by atoms with Crippen molar-refractivity contribution in [3.05, 3.63) is 35.4 Å². The second-order valence-corrected chi connectivity index (χ2v) is 3.60. The number of hydrogen-bond donors (Lipinski definition) is 1. The monoisotopic (exact) mass is 244 g/mol. The Morgan fingerprint density at radius 3 is 2.29 bits per heavy atom. The Balaban J connectivity index is 2.57. The van der Waals surface area contributed by atoms with Crippen LogP contribution in [0.4, 0.5) is 8.78 Å². The minimum absolute atomic E-state index is 0.0890. The minimum Gasteiger partial charge on any atom is -0.469 e. The van der Waals surface area contributed by atoms with Gasteiger partial charge in [0.15, 0.2) is 0 Å². The van der Waals surface area contributed by atoms with Gasteiger partial charge in [-0.05, 0) is 12.0 Å². The molecule has 1 rings (SSSR count). The minimum atomic E-state index is -2.52. The van der Waals surface area contributed by atoms with E-state index in [2.05, 4.69) is 4.74 Å². The van der Waals surface area contributed by atoms with E-state index < -0.39 is 18.5 Å². The van der Waals surface area contributed by atoms with E-state index in [1.807, 2.05) is 0 Å². The third-order valence-corrected chi connectivity index (χ3v) is 2.42. The number of carbonyl (C=O) groups excluding carboxylic acids is 1. The van der Waals surface area contributed by atoms with Crippen molar-refractivity contribution < 1.29 is 23.4 Å². The molecule has 0 radical (unpaired) electrons. The van der Waals surface area contributed by atoms with E-state index in [0.29, 0.717) is 5.56 Å². The van der Waals surface area contributed by atoms with Gasteiger partial charge in [-0.2, -0.15) is 0 Å². The van der Waals surface area contributed by atoms with Gasteiger partial charge in [-0.15, -0.1) is 0 Å². The lowest BCUT2D eigenvalue weighted by Crippen LogP contribution is -2.05. The molecule has 0 amide bonds. The zero-order valence-corrected chi connectivity index (χ0v) is 9.40. The number of alkyl halides is 2. The number of halogens is 2. The lowest BCUT2D eigenvalue weighted by Gasteiger charge is -2.10. The summed E-state index contributed by atoms with van der Waals surface area (Å²) in [6.45, 7) is 0. The molecule has 1 aromatic rings. The summed E-state index contributed by atoms with van der Waals surface area (Å²) in [5, 5.41) is 9.70. The number of esters is 1. The summed E-state index contributed by atoms with van der Waals surface area (Å²) in [5.74, 6) is -0.409. The molecule has 0 aromatic heterocycles. The molecule has 1 unspecified atom stereocenters. The van der Waals surface area contributed by atoms with E-state index in [9.17, 15) is 18.7 Å². The highest BCUT2D eigenvalue weighted by atomic mass is 19.3. The van der Waals surface area contributed by atoms with E-state index in [1.54, 1.807) is 0 Å². The molecule has 3 nitrogen and oxygen atoms in total. The number of rotatable bonds is 5. The summed E-state index contributed by atoms with van der Waals surface area (Å²) in [7, 11) is 1.27. The molecule has 0 heterocycles. The molecule has 0 aliphatic heterocycles. The van der Waals surface area contributed by atoms with Crippen LogP contribution in [0.3, 0.4) is 0 Å². The molecule has 0 aliphatic rings. The van der Waals surface area contributed by atoms with Gasteiger partial charge in [-0.25, -0.2) is 8.78 Å². The molecule has 1 N–H and O–H groups in total. The van der Waals surface area contributed by atoms with Gasteiger partial charge < -0.3 is 9.84 Å². The lowest BCUT2D eigenvalue weighted by molar-refractivity contribution is -0.141. The predicted octanol–water partition coefficient (Wildman–Crippen LogP) is 2.61. The lowest BCUT2D eigenvalue weighted by atomic mass is 10.0. The van der Waals surface area contributed by atoms with Crippen LogP contribution in [0.5, 0.6) is 0 Å². The van der Waals surface area contributed by atoms with Crippen molar-refractivity contribution in [2.45, 2.75) is 25.4 Å². The highest BCUT2D eigenvalue weighted by molar-refractivity contribution is 5.69. The summed E-state index contributed by atoms with van der Waals surface area (Å²) in [4.78, 5) is 10.9. The van der Waals surface area contributed by atoms with Gasteiger partial charge in [-0.1, -0.05) is 24.3 Å². The van der Waals surface area contributed by atoms with Crippen molar-refractivity contribution in [2.24, 2.45) is 0 Å². The fourth-order valence-electron chi connectivity index (χ4n) is 1.39. The summed E-state index contributed by atoms with van der Waals surface area (Å²) in [6.07, 6.45) is -3.06. The third-order valence-electron chi connectivity index (χ3n) is 2.42. The molecule has 5 heteroatoms. The molecule has 1 atom stereocenters. The number of hydrogen-bond acceptors (Lipinski definition) is 3. The zero-order chi connectivity index (χ0) is 12.8. The van der Waals surface area contributed by atoms with Gasteiger partial charge in [0.25, 0.3) is 6.43 Å². The summed E-state index contributed by atoms with van der Waals surface area (Å²) < 4.78 is 29.0. The molecular formula is C12H14F2O3. The number of benzene rings is 1. The van der Waals surface area contributed by atoms with Crippen molar-refractivity contribution >= 4 is 5.97 Å². The molecular weight excluding hydrogens is 230 g/mol. The fourth-order valence-corrected chi connectivity index (χ4v) is 1.39. The van der Waals surface area contributed by atoms with Crippen molar-refractivity contribution in [1.29, 1.82) is 0 Å². The maximum absolute atomic E-state index is 12.3. The molecule has 0 saturated heterocycles. The summed E-state index contributed by atoms with van der Waals surface area (Å²) >= 11 is 0.